The first-order valence-electron chi connectivity index (χ1n) is 7.22. The molecule has 2 aromatic rings. The van der Waals surface area contributed by atoms with Gasteiger partial charge in [0.2, 0.25) is 11.9 Å². The number of anilines is 1. The normalized spacial score (nSPS) is 14.9. The van der Waals surface area contributed by atoms with Crippen LogP contribution in [0.25, 0.3) is 11.2 Å². The Balaban J connectivity index is 0.00000161. The summed E-state index contributed by atoms with van der Waals surface area (Å²) in [6.45, 7) is 5.74. The molecule has 0 atom stereocenters. The van der Waals surface area contributed by atoms with Gasteiger partial charge in [0.1, 0.15) is 5.52 Å². The Hall–Kier alpha value is -1.91. The number of pyridine rings is 1. The van der Waals surface area contributed by atoms with Gasteiger partial charge in [0.25, 0.3) is 0 Å². The molecule has 3 rings (SSSR count). The van der Waals surface area contributed by atoms with E-state index < -0.39 is 0 Å². The number of nitrogens with zero attached hydrogens (tertiary/aromatic N) is 3. The molecule has 1 amide bonds. The van der Waals surface area contributed by atoms with Crippen molar-refractivity contribution in [3.8, 4) is 0 Å². The van der Waals surface area contributed by atoms with Gasteiger partial charge in [-0.15, -0.1) is 0 Å². The van der Waals surface area contributed by atoms with Crippen LogP contribution in [0.5, 0.6) is 0 Å². The number of imidazole rings is 1. The Bertz CT molecular complexity index is 656. The van der Waals surface area contributed by atoms with Gasteiger partial charge >= 0.3 is 0 Å². The second-order valence-electron chi connectivity index (χ2n) is 5.83. The van der Waals surface area contributed by atoms with E-state index in [4.69, 9.17) is 0 Å². The lowest BCUT2D eigenvalue weighted by atomic mass is 9.93. The average Bonchev–Trinajstić information content (AvgIpc) is 2.66. The lowest BCUT2D eigenvalue weighted by molar-refractivity contribution is -0.119. The molecule has 2 heterocycles. The highest BCUT2D eigenvalue weighted by Gasteiger charge is 2.26. The van der Waals surface area contributed by atoms with Gasteiger partial charge in [-0.2, -0.15) is 0 Å². The quantitative estimate of drug-likeness (QED) is 0.937. The molecule has 1 N–H and O–H groups in total. The lowest BCUT2D eigenvalue weighted by Gasteiger charge is -2.28. The molecular weight excluding hydrogens is 264 g/mol. The minimum absolute atomic E-state index is 0. The van der Waals surface area contributed by atoms with Crippen LogP contribution >= 0.6 is 0 Å². The molecule has 0 saturated heterocycles. The average molecular weight is 288 g/mol. The molecule has 21 heavy (non-hydrogen) atoms. The van der Waals surface area contributed by atoms with Crippen LogP contribution in [0.15, 0.2) is 12.1 Å². The summed E-state index contributed by atoms with van der Waals surface area (Å²) in [6.07, 6.45) is 3.49. The standard InChI is InChI=1S/C15H20N4O.CH4/c1-9(2)14(20)18-15-17-12-8-7-10(3)16-13(12)19(15)11-5-4-6-11;/h7-9,11H,4-6H2,1-3H3,(H,17,18,20);1H4. The molecule has 0 unspecified atom stereocenters. The van der Waals surface area contributed by atoms with Crippen molar-refractivity contribution in [1.29, 1.82) is 0 Å². The Morgan fingerprint density at radius 3 is 2.62 bits per heavy atom. The van der Waals surface area contributed by atoms with Gasteiger partial charge in [0.05, 0.1) is 0 Å². The number of carbonyl (C=O) groups excluding carboxylic acids is 1. The number of aryl methyl sites for hydroxylation is 1. The highest BCUT2D eigenvalue weighted by Crippen LogP contribution is 2.36. The van der Waals surface area contributed by atoms with E-state index >= 15 is 0 Å². The van der Waals surface area contributed by atoms with Crippen molar-refractivity contribution in [1.82, 2.24) is 14.5 Å². The summed E-state index contributed by atoms with van der Waals surface area (Å²) in [5.41, 5.74) is 2.70. The Morgan fingerprint density at radius 1 is 1.33 bits per heavy atom. The Labute approximate surface area is 125 Å². The highest BCUT2D eigenvalue weighted by atomic mass is 16.2. The van der Waals surface area contributed by atoms with Gasteiger partial charge in [0.15, 0.2) is 5.65 Å². The van der Waals surface area contributed by atoms with Gasteiger partial charge in [0, 0.05) is 17.7 Å². The number of amides is 1. The Morgan fingerprint density at radius 2 is 2.05 bits per heavy atom. The minimum Gasteiger partial charge on any atom is -0.296 e. The van der Waals surface area contributed by atoms with E-state index in [2.05, 4.69) is 19.9 Å². The Kier molecular flexibility index (Phi) is 4.30. The fourth-order valence-corrected chi connectivity index (χ4v) is 2.40. The summed E-state index contributed by atoms with van der Waals surface area (Å²) in [5, 5.41) is 2.94. The van der Waals surface area contributed by atoms with Crippen LogP contribution in [0.4, 0.5) is 5.95 Å². The van der Waals surface area contributed by atoms with Crippen molar-refractivity contribution in [2.24, 2.45) is 5.92 Å². The third-order valence-corrected chi connectivity index (χ3v) is 3.88. The van der Waals surface area contributed by atoms with E-state index in [0.29, 0.717) is 12.0 Å². The van der Waals surface area contributed by atoms with Crippen molar-refractivity contribution >= 4 is 23.0 Å². The third kappa shape index (κ3) is 2.77. The number of hydrogen-bond donors (Lipinski definition) is 1. The molecule has 2 aromatic heterocycles. The molecule has 0 radical (unpaired) electrons. The lowest BCUT2D eigenvalue weighted by Crippen LogP contribution is -2.24. The van der Waals surface area contributed by atoms with E-state index in [1.54, 1.807) is 0 Å². The maximum Gasteiger partial charge on any atom is 0.229 e. The highest BCUT2D eigenvalue weighted by molar-refractivity contribution is 5.92. The monoisotopic (exact) mass is 288 g/mol. The number of hydrogen-bond acceptors (Lipinski definition) is 3. The van der Waals surface area contributed by atoms with Gasteiger partial charge in [-0.25, -0.2) is 9.97 Å². The van der Waals surface area contributed by atoms with E-state index in [0.717, 1.165) is 29.7 Å². The second-order valence-corrected chi connectivity index (χ2v) is 5.83. The molecule has 114 valence electrons. The number of rotatable bonds is 3. The van der Waals surface area contributed by atoms with Crippen LogP contribution in [-0.4, -0.2) is 20.4 Å². The van der Waals surface area contributed by atoms with E-state index in [-0.39, 0.29) is 19.3 Å². The van der Waals surface area contributed by atoms with E-state index in [1.807, 2.05) is 32.9 Å². The topological polar surface area (TPSA) is 59.8 Å². The molecule has 0 aromatic carbocycles. The molecule has 0 spiro atoms. The molecular formula is C16H24N4O. The predicted molar refractivity (Wildman–Crippen MR) is 85.4 cm³/mol. The first-order valence-corrected chi connectivity index (χ1v) is 7.22. The third-order valence-electron chi connectivity index (χ3n) is 3.88. The smallest absolute Gasteiger partial charge is 0.229 e. The van der Waals surface area contributed by atoms with Gasteiger partial charge in [-0.1, -0.05) is 21.3 Å². The van der Waals surface area contributed by atoms with Crippen LogP contribution < -0.4 is 5.32 Å². The number of aromatic nitrogens is 3. The zero-order chi connectivity index (χ0) is 14.3. The second kappa shape index (κ2) is 5.84. The molecule has 1 aliphatic rings. The first kappa shape index (κ1) is 15.5. The molecule has 0 aliphatic heterocycles. The van der Waals surface area contributed by atoms with Gasteiger partial charge < -0.3 is 0 Å². The van der Waals surface area contributed by atoms with Crippen molar-refractivity contribution in [2.45, 2.75) is 53.5 Å². The van der Waals surface area contributed by atoms with Crippen LogP contribution in [0.2, 0.25) is 0 Å². The van der Waals surface area contributed by atoms with Gasteiger partial charge in [-0.05, 0) is 38.3 Å². The zero-order valence-electron chi connectivity index (χ0n) is 12.2. The molecule has 0 bridgehead atoms. The first-order chi connectivity index (χ1) is 9.56. The SMILES string of the molecule is C.Cc1ccc2nc(NC(=O)C(C)C)n(C3CCC3)c2n1. The fraction of sp³-hybridized carbons (Fsp3) is 0.562. The van der Waals surface area contributed by atoms with Crippen molar-refractivity contribution in [2.75, 3.05) is 5.32 Å². The summed E-state index contributed by atoms with van der Waals surface area (Å²) < 4.78 is 2.10. The molecule has 5 nitrogen and oxygen atoms in total. The summed E-state index contributed by atoms with van der Waals surface area (Å²) in [5.74, 6) is 0.582. The fourth-order valence-electron chi connectivity index (χ4n) is 2.40. The molecule has 1 fully saturated rings. The maximum atomic E-state index is 12.0. The van der Waals surface area contributed by atoms with E-state index in [9.17, 15) is 4.79 Å². The van der Waals surface area contributed by atoms with Crippen LogP contribution in [0, 0.1) is 12.8 Å². The minimum atomic E-state index is -0.0562. The summed E-state index contributed by atoms with van der Waals surface area (Å²) in [7, 11) is 0. The largest absolute Gasteiger partial charge is 0.296 e. The number of nitrogens with one attached hydrogen (secondary N) is 1. The molecule has 1 aliphatic carbocycles. The van der Waals surface area contributed by atoms with E-state index in [1.165, 1.54) is 6.42 Å². The zero-order valence-corrected chi connectivity index (χ0v) is 12.2. The summed E-state index contributed by atoms with van der Waals surface area (Å²) in [4.78, 5) is 21.1. The summed E-state index contributed by atoms with van der Waals surface area (Å²) in [6, 6.07) is 4.34. The van der Waals surface area contributed by atoms with Crippen LogP contribution in [0.3, 0.4) is 0 Å². The van der Waals surface area contributed by atoms with Crippen molar-refractivity contribution in [3.63, 3.8) is 0 Å². The number of fused-ring (bicyclic) bond motifs is 1. The van der Waals surface area contributed by atoms with Crippen molar-refractivity contribution < 1.29 is 4.79 Å². The van der Waals surface area contributed by atoms with Crippen LogP contribution in [-0.2, 0) is 4.79 Å². The number of carbonyl (C=O) groups is 1. The molecule has 5 heteroatoms. The maximum absolute atomic E-state index is 12.0. The predicted octanol–water partition coefficient (Wildman–Crippen LogP) is 3.70. The molecule has 1 saturated carbocycles. The van der Waals surface area contributed by atoms with Gasteiger partial charge in [-0.3, -0.25) is 14.7 Å². The van der Waals surface area contributed by atoms with Crippen LogP contribution in [0.1, 0.15) is 52.3 Å². The summed E-state index contributed by atoms with van der Waals surface area (Å²) >= 11 is 0. The van der Waals surface area contributed by atoms with Crippen molar-refractivity contribution in [3.05, 3.63) is 17.8 Å².